The number of halogens is 2. The van der Waals surface area contributed by atoms with Crippen molar-refractivity contribution in [3.63, 3.8) is 0 Å². The molecule has 0 aliphatic rings. The number of hydrogen-bond donors (Lipinski definition) is 1. The smallest absolute Gasteiger partial charge is 0.248 e. The van der Waals surface area contributed by atoms with Gasteiger partial charge in [-0.05, 0) is 72.8 Å². The molecule has 1 N–H and O–H groups in total. The summed E-state index contributed by atoms with van der Waals surface area (Å²) in [5.41, 5.74) is 3.31. The second-order valence-electron chi connectivity index (χ2n) is 7.07. The molecule has 3 aromatic heterocycles. The van der Waals surface area contributed by atoms with Crippen LogP contribution in [0.5, 0.6) is 0 Å². The summed E-state index contributed by atoms with van der Waals surface area (Å²) in [5, 5.41) is 3.84. The Morgan fingerprint density at radius 1 is 0.970 bits per heavy atom. The first-order valence-electron chi connectivity index (χ1n) is 9.91. The van der Waals surface area contributed by atoms with Crippen LogP contribution in [-0.2, 0) is 4.79 Å². The summed E-state index contributed by atoms with van der Waals surface area (Å²) in [7, 11) is 0. The molecule has 2 aromatic carbocycles. The van der Waals surface area contributed by atoms with Gasteiger partial charge < -0.3 is 14.2 Å². The number of amides is 1. The van der Waals surface area contributed by atoms with E-state index in [1.54, 1.807) is 60.8 Å². The molecule has 162 valence electrons. The molecule has 0 aliphatic carbocycles. The lowest BCUT2D eigenvalue weighted by Crippen LogP contribution is -2.07. The fraction of sp³-hybridized carbons (Fsp3) is 0. The Morgan fingerprint density at radius 3 is 2.61 bits per heavy atom. The highest BCUT2D eigenvalue weighted by molar-refractivity contribution is 6.36. The molecule has 0 radical (unpaired) electrons. The Hall–Kier alpha value is -3.87. The number of nitrogens with zero attached hydrogens (tertiary/aromatic N) is 2. The van der Waals surface area contributed by atoms with E-state index in [9.17, 15) is 4.79 Å². The SMILES string of the molecule is O=C(/C=C/c1ccc(-c2ccc(Cl)cc2Cl)o1)Nc1ccc(-c2nc3ncccc3o2)cc1. The van der Waals surface area contributed by atoms with Crippen molar-refractivity contribution < 1.29 is 13.6 Å². The summed E-state index contributed by atoms with van der Waals surface area (Å²) < 4.78 is 11.5. The third-order valence-electron chi connectivity index (χ3n) is 4.79. The van der Waals surface area contributed by atoms with Crippen LogP contribution in [0.15, 0.2) is 87.8 Å². The van der Waals surface area contributed by atoms with Crippen molar-refractivity contribution in [3.8, 4) is 22.8 Å². The van der Waals surface area contributed by atoms with Gasteiger partial charge in [0.05, 0.1) is 5.02 Å². The number of nitrogens with one attached hydrogen (secondary N) is 1. The van der Waals surface area contributed by atoms with Crippen LogP contribution in [0.4, 0.5) is 5.69 Å². The quantitative estimate of drug-likeness (QED) is 0.274. The lowest BCUT2D eigenvalue weighted by Gasteiger charge is -2.03. The first-order valence-corrected chi connectivity index (χ1v) is 10.7. The molecule has 0 spiro atoms. The molecule has 0 atom stereocenters. The Labute approximate surface area is 198 Å². The van der Waals surface area contributed by atoms with E-state index in [-0.39, 0.29) is 5.91 Å². The van der Waals surface area contributed by atoms with Crippen LogP contribution in [0.25, 0.3) is 40.1 Å². The van der Waals surface area contributed by atoms with E-state index in [0.29, 0.717) is 44.4 Å². The van der Waals surface area contributed by atoms with Crippen molar-refractivity contribution in [2.75, 3.05) is 5.32 Å². The third-order valence-corrected chi connectivity index (χ3v) is 5.33. The lowest BCUT2D eigenvalue weighted by molar-refractivity contribution is -0.111. The van der Waals surface area contributed by atoms with Gasteiger partial charge in [0, 0.05) is 34.1 Å². The van der Waals surface area contributed by atoms with Crippen molar-refractivity contribution in [1.29, 1.82) is 0 Å². The van der Waals surface area contributed by atoms with Gasteiger partial charge in [-0.2, -0.15) is 4.98 Å². The molecule has 8 heteroatoms. The fourth-order valence-electron chi connectivity index (χ4n) is 3.21. The molecule has 0 fully saturated rings. The molecule has 6 nitrogen and oxygen atoms in total. The molecule has 33 heavy (non-hydrogen) atoms. The number of carbonyl (C=O) groups is 1. The molecule has 0 bridgehead atoms. The van der Waals surface area contributed by atoms with E-state index < -0.39 is 0 Å². The molecular weight excluding hydrogens is 461 g/mol. The molecule has 0 aliphatic heterocycles. The van der Waals surface area contributed by atoms with Crippen molar-refractivity contribution in [2.45, 2.75) is 0 Å². The predicted octanol–water partition coefficient (Wildman–Crippen LogP) is 7.11. The highest BCUT2D eigenvalue weighted by Gasteiger charge is 2.10. The molecule has 5 rings (SSSR count). The number of aromatic nitrogens is 2. The van der Waals surface area contributed by atoms with Crippen LogP contribution in [0.1, 0.15) is 5.76 Å². The minimum absolute atomic E-state index is 0.295. The van der Waals surface area contributed by atoms with Crippen LogP contribution in [0.3, 0.4) is 0 Å². The largest absolute Gasteiger partial charge is 0.457 e. The fourth-order valence-corrected chi connectivity index (χ4v) is 3.71. The van der Waals surface area contributed by atoms with Crippen LogP contribution < -0.4 is 5.32 Å². The highest BCUT2D eigenvalue weighted by Crippen LogP contribution is 2.31. The first-order chi connectivity index (χ1) is 16.0. The number of rotatable bonds is 5. The van der Waals surface area contributed by atoms with E-state index in [0.717, 1.165) is 11.1 Å². The zero-order valence-corrected chi connectivity index (χ0v) is 18.5. The summed E-state index contributed by atoms with van der Waals surface area (Å²) in [5.74, 6) is 1.28. The summed E-state index contributed by atoms with van der Waals surface area (Å²) in [4.78, 5) is 20.8. The van der Waals surface area contributed by atoms with Gasteiger partial charge in [0.25, 0.3) is 0 Å². The Kier molecular flexibility index (Phi) is 5.69. The second-order valence-corrected chi connectivity index (χ2v) is 7.91. The molecule has 0 saturated carbocycles. The Morgan fingerprint density at radius 2 is 1.82 bits per heavy atom. The number of hydrogen-bond acceptors (Lipinski definition) is 5. The Bertz CT molecular complexity index is 1450. The predicted molar refractivity (Wildman–Crippen MR) is 129 cm³/mol. The number of furan rings is 1. The zero-order valence-electron chi connectivity index (χ0n) is 17.0. The van der Waals surface area contributed by atoms with E-state index >= 15 is 0 Å². The number of pyridine rings is 1. The number of anilines is 1. The van der Waals surface area contributed by atoms with Crippen LogP contribution in [-0.4, -0.2) is 15.9 Å². The van der Waals surface area contributed by atoms with Gasteiger partial charge in [-0.3, -0.25) is 4.79 Å². The van der Waals surface area contributed by atoms with Gasteiger partial charge in [0.1, 0.15) is 11.5 Å². The standard InChI is InChI=1S/C25H15Cl2N3O3/c26-16-5-10-19(20(27)14-16)21-11-8-18(32-21)9-12-23(31)29-17-6-3-15(4-7-17)25-30-24-22(33-25)2-1-13-28-24/h1-14H,(H,29,31)/b12-9+. The van der Waals surface area contributed by atoms with Crippen molar-refractivity contribution in [2.24, 2.45) is 0 Å². The van der Waals surface area contributed by atoms with E-state index in [4.69, 9.17) is 32.0 Å². The lowest BCUT2D eigenvalue weighted by atomic mass is 10.2. The van der Waals surface area contributed by atoms with E-state index in [1.165, 1.54) is 6.08 Å². The van der Waals surface area contributed by atoms with Gasteiger partial charge in [-0.1, -0.05) is 23.2 Å². The monoisotopic (exact) mass is 475 g/mol. The van der Waals surface area contributed by atoms with Gasteiger partial charge in [0.2, 0.25) is 11.8 Å². The van der Waals surface area contributed by atoms with E-state index in [1.807, 2.05) is 18.2 Å². The van der Waals surface area contributed by atoms with Gasteiger partial charge in [0.15, 0.2) is 11.2 Å². The minimum atomic E-state index is -0.295. The first kappa shape index (κ1) is 21.0. The maximum absolute atomic E-state index is 12.3. The van der Waals surface area contributed by atoms with Gasteiger partial charge in [-0.25, -0.2) is 4.98 Å². The van der Waals surface area contributed by atoms with Gasteiger partial charge >= 0.3 is 0 Å². The maximum Gasteiger partial charge on any atom is 0.248 e. The zero-order chi connectivity index (χ0) is 22.8. The summed E-state index contributed by atoms with van der Waals surface area (Å²) >= 11 is 12.2. The summed E-state index contributed by atoms with van der Waals surface area (Å²) in [6.07, 6.45) is 4.64. The summed E-state index contributed by atoms with van der Waals surface area (Å²) in [6, 6.07) is 19.5. The number of benzene rings is 2. The normalized spacial score (nSPS) is 11.3. The molecular formula is C25H15Cl2N3O3. The minimum Gasteiger partial charge on any atom is -0.457 e. The molecule has 0 unspecified atom stereocenters. The van der Waals surface area contributed by atoms with E-state index in [2.05, 4.69) is 15.3 Å². The summed E-state index contributed by atoms with van der Waals surface area (Å²) in [6.45, 7) is 0. The maximum atomic E-state index is 12.3. The second kappa shape index (κ2) is 8.94. The molecule has 3 heterocycles. The molecule has 1 amide bonds. The van der Waals surface area contributed by atoms with Gasteiger partial charge in [-0.15, -0.1) is 0 Å². The van der Waals surface area contributed by atoms with Crippen molar-refractivity contribution in [3.05, 3.63) is 94.8 Å². The molecule has 0 saturated heterocycles. The topological polar surface area (TPSA) is 81.2 Å². The average molecular weight is 476 g/mol. The number of fused-ring (bicyclic) bond motifs is 1. The van der Waals surface area contributed by atoms with Crippen molar-refractivity contribution in [1.82, 2.24) is 9.97 Å². The average Bonchev–Trinajstić information content (AvgIpc) is 3.45. The number of carbonyl (C=O) groups excluding carboxylic acids is 1. The Balaban J connectivity index is 1.24. The van der Waals surface area contributed by atoms with Crippen LogP contribution >= 0.6 is 23.2 Å². The van der Waals surface area contributed by atoms with Crippen molar-refractivity contribution >= 4 is 52.1 Å². The number of oxazole rings is 1. The molecule has 5 aromatic rings. The highest BCUT2D eigenvalue weighted by atomic mass is 35.5. The van der Waals surface area contributed by atoms with Crippen LogP contribution in [0.2, 0.25) is 10.0 Å². The third kappa shape index (κ3) is 4.67. The van der Waals surface area contributed by atoms with Crippen LogP contribution in [0, 0.1) is 0 Å².